The molecule has 1 aliphatic heterocycles. The Balaban J connectivity index is 2.62. The number of hydrogen-bond acceptors (Lipinski definition) is 2. The maximum absolute atomic E-state index is 9.53. The fourth-order valence-corrected chi connectivity index (χ4v) is 2.94. The second-order valence-corrected chi connectivity index (χ2v) is 5.18. The molecule has 0 aromatic heterocycles. The number of phenolic OH excluding ortho intramolecular Hbond substituents is 1. The maximum atomic E-state index is 9.53. The number of aromatic hydroxyl groups is 1. The third-order valence-corrected chi connectivity index (χ3v) is 4.67. The summed E-state index contributed by atoms with van der Waals surface area (Å²) in [6, 6.07) is 1.64. The summed E-state index contributed by atoms with van der Waals surface area (Å²) in [4.78, 5) is 0. The smallest absolute Gasteiger partial charge is 0.131 e. The van der Waals surface area contributed by atoms with E-state index in [1.54, 1.807) is 6.07 Å². The van der Waals surface area contributed by atoms with Crippen molar-refractivity contribution in [3.63, 3.8) is 0 Å². The first kappa shape index (κ1) is 9.96. The summed E-state index contributed by atoms with van der Waals surface area (Å²) < 4.78 is 7.64. The van der Waals surface area contributed by atoms with Gasteiger partial charge in [-0.2, -0.15) is 0 Å². The van der Waals surface area contributed by atoms with Crippen LogP contribution in [-0.4, -0.2) is 11.7 Å². The first-order valence-corrected chi connectivity index (χ1v) is 5.97. The van der Waals surface area contributed by atoms with E-state index in [4.69, 9.17) is 4.74 Å². The minimum absolute atomic E-state index is 0.104. The number of halogens is 3. The Kier molecular flexibility index (Phi) is 2.70. The lowest BCUT2D eigenvalue weighted by Crippen LogP contribution is -1.87. The number of benzene rings is 1. The van der Waals surface area contributed by atoms with Gasteiger partial charge in [0.15, 0.2) is 0 Å². The molecule has 2 rings (SSSR count). The van der Waals surface area contributed by atoms with Gasteiger partial charge in [-0.1, -0.05) is 0 Å². The van der Waals surface area contributed by atoms with Crippen LogP contribution in [0.25, 0.3) is 0 Å². The molecule has 2 nitrogen and oxygen atoms in total. The molecule has 1 atom stereocenters. The monoisotopic (exact) mass is 370 g/mol. The summed E-state index contributed by atoms with van der Waals surface area (Å²) in [5, 5.41) is 9.53. The molecule has 70 valence electrons. The van der Waals surface area contributed by atoms with Crippen molar-refractivity contribution in [3.05, 3.63) is 25.0 Å². The fourth-order valence-electron chi connectivity index (χ4n) is 1.11. The fraction of sp³-hybridized carbons (Fsp3) is 0.250. The normalized spacial score (nSPS) is 20.4. The number of phenols is 1. The molecule has 1 unspecified atom stereocenters. The molecule has 5 heteroatoms. The molecule has 1 saturated heterocycles. The largest absolute Gasteiger partial charge is 0.507 e. The summed E-state index contributed by atoms with van der Waals surface area (Å²) in [6.07, 6.45) is 0.104. The molecule has 1 aromatic rings. The molecule has 0 aliphatic carbocycles. The molecule has 0 bridgehead atoms. The Morgan fingerprint density at radius 1 is 1.31 bits per heavy atom. The van der Waals surface area contributed by atoms with E-state index in [1.165, 1.54) is 0 Å². The Morgan fingerprint density at radius 2 is 1.92 bits per heavy atom. The van der Waals surface area contributed by atoms with Crippen LogP contribution in [0.1, 0.15) is 11.7 Å². The Bertz CT molecular complexity index is 335. The van der Waals surface area contributed by atoms with Crippen LogP contribution in [0.2, 0.25) is 0 Å². The third-order valence-electron chi connectivity index (χ3n) is 1.83. The van der Waals surface area contributed by atoms with Gasteiger partial charge in [0.05, 0.1) is 11.1 Å². The van der Waals surface area contributed by atoms with Crippen molar-refractivity contribution >= 4 is 47.8 Å². The number of epoxide rings is 1. The third kappa shape index (κ3) is 1.79. The van der Waals surface area contributed by atoms with E-state index in [1.807, 2.05) is 0 Å². The lowest BCUT2D eigenvalue weighted by atomic mass is 10.1. The van der Waals surface area contributed by atoms with Crippen molar-refractivity contribution in [3.8, 4) is 5.75 Å². The molecule has 0 saturated carbocycles. The van der Waals surface area contributed by atoms with Crippen LogP contribution < -0.4 is 0 Å². The van der Waals surface area contributed by atoms with Crippen LogP contribution in [0.4, 0.5) is 0 Å². The van der Waals surface area contributed by atoms with Crippen LogP contribution in [0, 0.1) is 0 Å². The summed E-state index contributed by atoms with van der Waals surface area (Å²) in [7, 11) is 0. The van der Waals surface area contributed by atoms with Gasteiger partial charge in [0, 0.05) is 14.5 Å². The quantitative estimate of drug-likeness (QED) is 0.601. The van der Waals surface area contributed by atoms with E-state index < -0.39 is 0 Å². The van der Waals surface area contributed by atoms with Gasteiger partial charge in [-0.15, -0.1) is 0 Å². The van der Waals surface area contributed by atoms with E-state index in [0.717, 1.165) is 14.5 Å². The highest BCUT2D eigenvalue weighted by molar-refractivity contribution is 9.13. The van der Waals surface area contributed by atoms with Gasteiger partial charge in [0.25, 0.3) is 0 Å². The zero-order valence-electron chi connectivity index (χ0n) is 6.35. The van der Waals surface area contributed by atoms with Gasteiger partial charge in [-0.25, -0.2) is 0 Å². The number of ether oxygens (including phenoxy) is 1. The standard InChI is InChI=1S/C8H5Br3O2/c9-3-1-4(12)8(11)6(7(3)10)5-2-13-5/h1,5,12H,2H2. The minimum Gasteiger partial charge on any atom is -0.507 e. The van der Waals surface area contributed by atoms with E-state index in [9.17, 15) is 5.11 Å². The first-order chi connectivity index (χ1) is 6.11. The molecule has 0 amide bonds. The van der Waals surface area contributed by atoms with E-state index in [-0.39, 0.29) is 11.9 Å². The molecule has 0 radical (unpaired) electrons. The summed E-state index contributed by atoms with van der Waals surface area (Å²) in [6.45, 7) is 0.715. The summed E-state index contributed by atoms with van der Waals surface area (Å²) >= 11 is 10.1. The second kappa shape index (κ2) is 3.53. The molecular weight excluding hydrogens is 368 g/mol. The van der Waals surface area contributed by atoms with Crippen LogP contribution in [-0.2, 0) is 4.74 Å². The van der Waals surface area contributed by atoms with Gasteiger partial charge < -0.3 is 9.84 Å². The Hall–Kier alpha value is 0.420. The predicted octanol–water partition coefficient (Wildman–Crippen LogP) is 3.75. The second-order valence-electron chi connectivity index (χ2n) is 2.74. The van der Waals surface area contributed by atoms with Crippen molar-refractivity contribution in [2.75, 3.05) is 6.61 Å². The molecule has 0 spiro atoms. The minimum atomic E-state index is 0.104. The van der Waals surface area contributed by atoms with Crippen molar-refractivity contribution in [2.45, 2.75) is 6.10 Å². The van der Waals surface area contributed by atoms with Crippen LogP contribution in [0.3, 0.4) is 0 Å². The molecular formula is C8H5Br3O2. The van der Waals surface area contributed by atoms with Gasteiger partial charge >= 0.3 is 0 Å². The van der Waals surface area contributed by atoms with Gasteiger partial charge in [-0.3, -0.25) is 0 Å². The Labute approximate surface area is 101 Å². The molecule has 1 aromatic carbocycles. The van der Waals surface area contributed by atoms with Crippen molar-refractivity contribution in [2.24, 2.45) is 0 Å². The van der Waals surface area contributed by atoms with E-state index >= 15 is 0 Å². The van der Waals surface area contributed by atoms with Crippen LogP contribution in [0.15, 0.2) is 19.5 Å². The summed E-state index contributed by atoms with van der Waals surface area (Å²) in [5.41, 5.74) is 0.965. The highest BCUT2D eigenvalue weighted by atomic mass is 79.9. The van der Waals surface area contributed by atoms with Gasteiger partial charge in [0.2, 0.25) is 0 Å². The lowest BCUT2D eigenvalue weighted by Gasteiger charge is -2.08. The zero-order valence-corrected chi connectivity index (χ0v) is 11.1. The van der Waals surface area contributed by atoms with Crippen molar-refractivity contribution in [1.82, 2.24) is 0 Å². The van der Waals surface area contributed by atoms with Gasteiger partial charge in [0.1, 0.15) is 11.9 Å². The van der Waals surface area contributed by atoms with Crippen molar-refractivity contribution in [1.29, 1.82) is 0 Å². The highest BCUT2D eigenvalue weighted by Gasteiger charge is 2.31. The molecule has 1 aliphatic rings. The highest BCUT2D eigenvalue weighted by Crippen LogP contribution is 2.46. The Morgan fingerprint density at radius 3 is 2.46 bits per heavy atom. The zero-order chi connectivity index (χ0) is 9.59. The number of hydrogen-bond donors (Lipinski definition) is 1. The van der Waals surface area contributed by atoms with Crippen LogP contribution >= 0.6 is 47.8 Å². The molecule has 1 N–H and O–H groups in total. The van der Waals surface area contributed by atoms with Gasteiger partial charge in [-0.05, 0) is 53.9 Å². The van der Waals surface area contributed by atoms with Crippen molar-refractivity contribution < 1.29 is 9.84 Å². The van der Waals surface area contributed by atoms with E-state index in [0.29, 0.717) is 11.1 Å². The maximum Gasteiger partial charge on any atom is 0.131 e. The summed E-state index contributed by atoms with van der Waals surface area (Å²) in [5.74, 6) is 0.223. The number of rotatable bonds is 1. The predicted molar refractivity (Wildman–Crippen MR) is 59.9 cm³/mol. The average Bonchev–Trinajstić information content (AvgIpc) is 2.85. The first-order valence-electron chi connectivity index (χ1n) is 3.59. The van der Waals surface area contributed by atoms with E-state index in [2.05, 4.69) is 47.8 Å². The topological polar surface area (TPSA) is 32.8 Å². The lowest BCUT2D eigenvalue weighted by molar-refractivity contribution is 0.411. The molecule has 13 heavy (non-hydrogen) atoms. The average molecular weight is 373 g/mol. The molecule has 1 fully saturated rings. The molecule has 1 heterocycles. The van der Waals surface area contributed by atoms with Crippen LogP contribution in [0.5, 0.6) is 5.75 Å². The SMILES string of the molecule is Oc1cc(Br)c(Br)c(C2CO2)c1Br.